The van der Waals surface area contributed by atoms with Crippen LogP contribution >= 0.6 is 0 Å². The predicted molar refractivity (Wildman–Crippen MR) is 101 cm³/mol. The Labute approximate surface area is 157 Å². The van der Waals surface area contributed by atoms with E-state index in [0.29, 0.717) is 24.2 Å². The summed E-state index contributed by atoms with van der Waals surface area (Å²) in [5.74, 6) is -1.23. The smallest absolute Gasteiger partial charge is 0.336 e. The molecule has 7 nitrogen and oxygen atoms in total. The number of carboxylic acid groups (broad SMARTS) is 1. The fraction of sp³-hybridized carbons (Fsp3) is 0.450. The van der Waals surface area contributed by atoms with Gasteiger partial charge in [-0.3, -0.25) is 4.79 Å². The van der Waals surface area contributed by atoms with Gasteiger partial charge in [0.1, 0.15) is 17.4 Å². The Morgan fingerprint density at radius 3 is 2.59 bits per heavy atom. The molecule has 0 saturated carbocycles. The summed E-state index contributed by atoms with van der Waals surface area (Å²) >= 11 is 0. The molecule has 146 valence electrons. The van der Waals surface area contributed by atoms with Crippen LogP contribution in [0.25, 0.3) is 11.0 Å². The Hall–Kier alpha value is -2.83. The molecule has 1 amide bonds. The van der Waals surface area contributed by atoms with E-state index in [1.165, 1.54) is 13.0 Å². The molecule has 0 saturated heterocycles. The minimum atomic E-state index is -1.08. The zero-order valence-corrected chi connectivity index (χ0v) is 15.8. The number of carbonyl (C=O) groups excluding carboxylic acids is 1. The van der Waals surface area contributed by atoms with E-state index in [4.69, 9.17) is 14.3 Å². The van der Waals surface area contributed by atoms with Gasteiger partial charge in [0.2, 0.25) is 0 Å². The number of aliphatic carboxylic acids is 1. The van der Waals surface area contributed by atoms with Crippen molar-refractivity contribution in [2.75, 3.05) is 0 Å². The Morgan fingerprint density at radius 2 is 1.96 bits per heavy atom. The molecule has 2 atom stereocenters. The molecule has 0 aliphatic carbocycles. The lowest BCUT2D eigenvalue weighted by Crippen LogP contribution is -2.46. The first-order valence-electron chi connectivity index (χ1n) is 9.12. The summed E-state index contributed by atoms with van der Waals surface area (Å²) in [5.41, 5.74) is 0.869. The predicted octanol–water partition coefficient (Wildman–Crippen LogP) is 2.88. The Morgan fingerprint density at radius 1 is 1.22 bits per heavy atom. The van der Waals surface area contributed by atoms with E-state index in [1.54, 1.807) is 18.2 Å². The molecule has 1 aromatic carbocycles. The van der Waals surface area contributed by atoms with Crippen molar-refractivity contribution in [3.05, 3.63) is 40.2 Å². The highest BCUT2D eigenvalue weighted by atomic mass is 16.5. The number of carboxylic acids is 1. The molecule has 0 bridgehead atoms. The maximum Gasteiger partial charge on any atom is 0.336 e. The van der Waals surface area contributed by atoms with Gasteiger partial charge < -0.3 is 19.6 Å². The second-order valence-electron chi connectivity index (χ2n) is 6.45. The van der Waals surface area contributed by atoms with E-state index >= 15 is 0 Å². The summed E-state index contributed by atoms with van der Waals surface area (Å²) in [6.07, 6.45) is 1.74. The Bertz CT molecular complexity index is 872. The van der Waals surface area contributed by atoms with Gasteiger partial charge >= 0.3 is 11.6 Å². The number of rotatable bonds is 9. The molecule has 0 spiro atoms. The van der Waals surface area contributed by atoms with Crippen LogP contribution in [0.3, 0.4) is 0 Å². The van der Waals surface area contributed by atoms with Gasteiger partial charge in [0.05, 0.1) is 0 Å². The summed E-state index contributed by atoms with van der Waals surface area (Å²) in [5, 5.41) is 12.4. The lowest BCUT2D eigenvalue weighted by Gasteiger charge is -2.18. The molecule has 2 rings (SSSR count). The Balaban J connectivity index is 2.16. The summed E-state index contributed by atoms with van der Waals surface area (Å²) in [4.78, 5) is 35.1. The second kappa shape index (κ2) is 9.21. The number of carbonyl (C=O) groups is 2. The van der Waals surface area contributed by atoms with E-state index in [1.807, 2.05) is 13.8 Å². The van der Waals surface area contributed by atoms with Crippen LogP contribution in [-0.2, 0) is 16.0 Å². The monoisotopic (exact) mass is 375 g/mol. The molecule has 27 heavy (non-hydrogen) atoms. The highest BCUT2D eigenvalue weighted by Crippen LogP contribution is 2.24. The van der Waals surface area contributed by atoms with Crippen molar-refractivity contribution < 1.29 is 23.8 Å². The van der Waals surface area contributed by atoms with Crippen LogP contribution in [0.5, 0.6) is 5.75 Å². The molecule has 0 aliphatic heterocycles. The largest absolute Gasteiger partial charge is 0.481 e. The molecular formula is C20H25NO6. The highest BCUT2D eigenvalue weighted by Gasteiger charge is 2.23. The number of amides is 1. The van der Waals surface area contributed by atoms with Gasteiger partial charge in [-0.15, -0.1) is 0 Å². The van der Waals surface area contributed by atoms with E-state index < -0.39 is 29.6 Å². The number of benzene rings is 1. The van der Waals surface area contributed by atoms with Crippen molar-refractivity contribution in [2.24, 2.45) is 0 Å². The average Bonchev–Trinajstić information content (AvgIpc) is 2.60. The number of hydrogen-bond acceptors (Lipinski definition) is 5. The number of hydrogen-bond donors (Lipinski definition) is 2. The first-order chi connectivity index (χ1) is 12.8. The van der Waals surface area contributed by atoms with E-state index in [-0.39, 0.29) is 0 Å². The quantitative estimate of drug-likeness (QED) is 0.653. The normalized spacial score (nSPS) is 13.1. The molecular weight excluding hydrogens is 350 g/mol. The van der Waals surface area contributed by atoms with Gasteiger partial charge in [-0.2, -0.15) is 0 Å². The second-order valence-corrected chi connectivity index (χ2v) is 6.45. The number of aryl methyl sites for hydroxylation is 1. The number of nitrogens with one attached hydrogen (secondary N) is 1. The van der Waals surface area contributed by atoms with Gasteiger partial charge in [-0.05, 0) is 37.5 Å². The minimum absolute atomic E-state index is 0.342. The molecule has 1 aromatic heterocycles. The molecule has 0 radical (unpaired) electrons. The van der Waals surface area contributed by atoms with Gasteiger partial charge in [-0.1, -0.05) is 26.7 Å². The van der Waals surface area contributed by atoms with Crippen LogP contribution in [0.2, 0.25) is 0 Å². The highest BCUT2D eigenvalue weighted by molar-refractivity contribution is 5.86. The molecule has 0 aliphatic rings. The molecule has 2 N–H and O–H groups in total. The van der Waals surface area contributed by atoms with Crippen LogP contribution in [0.15, 0.2) is 33.5 Å². The van der Waals surface area contributed by atoms with Crippen molar-refractivity contribution in [2.45, 2.75) is 58.6 Å². The third kappa shape index (κ3) is 5.32. The third-order valence-electron chi connectivity index (χ3n) is 4.20. The molecule has 7 heteroatoms. The van der Waals surface area contributed by atoms with Crippen molar-refractivity contribution >= 4 is 22.8 Å². The molecule has 0 unspecified atom stereocenters. The molecule has 2 aromatic rings. The fourth-order valence-corrected chi connectivity index (χ4v) is 2.85. The first-order valence-corrected chi connectivity index (χ1v) is 9.12. The van der Waals surface area contributed by atoms with Gasteiger partial charge in [0, 0.05) is 17.5 Å². The maximum atomic E-state index is 12.2. The van der Waals surface area contributed by atoms with E-state index in [9.17, 15) is 14.4 Å². The minimum Gasteiger partial charge on any atom is -0.481 e. The fourth-order valence-electron chi connectivity index (χ4n) is 2.85. The van der Waals surface area contributed by atoms with Crippen molar-refractivity contribution in [1.82, 2.24) is 5.32 Å². The number of fused-ring (bicyclic) bond motifs is 1. The molecule has 1 heterocycles. The van der Waals surface area contributed by atoms with E-state index in [0.717, 1.165) is 23.8 Å². The van der Waals surface area contributed by atoms with Gasteiger partial charge in [0.15, 0.2) is 6.10 Å². The van der Waals surface area contributed by atoms with Crippen LogP contribution in [0.4, 0.5) is 0 Å². The van der Waals surface area contributed by atoms with Gasteiger partial charge in [0.25, 0.3) is 5.91 Å². The SMILES string of the molecule is CCCc1cc(=O)oc2cc(O[C@H](C)C(=O)N[C@@H](CCC)C(=O)O)ccc12. The van der Waals surface area contributed by atoms with Crippen molar-refractivity contribution in [3.63, 3.8) is 0 Å². The van der Waals surface area contributed by atoms with Crippen molar-refractivity contribution in [3.8, 4) is 5.75 Å². The lowest BCUT2D eigenvalue weighted by atomic mass is 10.1. The summed E-state index contributed by atoms with van der Waals surface area (Å²) in [6, 6.07) is 5.61. The van der Waals surface area contributed by atoms with Crippen LogP contribution in [0, 0.1) is 0 Å². The van der Waals surface area contributed by atoms with E-state index in [2.05, 4.69) is 5.32 Å². The van der Waals surface area contributed by atoms with Crippen LogP contribution in [-0.4, -0.2) is 29.1 Å². The average molecular weight is 375 g/mol. The standard InChI is InChI=1S/C20H25NO6/c1-4-6-13-10-18(22)27-17-11-14(8-9-15(13)17)26-12(3)19(23)21-16(7-5-2)20(24)25/h8-12,16H,4-7H2,1-3H3,(H,21,23)(H,24,25)/t12-,16+/m1/s1. The summed E-state index contributed by atoms with van der Waals surface area (Å²) in [6.45, 7) is 5.41. The zero-order valence-electron chi connectivity index (χ0n) is 15.8. The lowest BCUT2D eigenvalue weighted by molar-refractivity contribution is -0.143. The first kappa shape index (κ1) is 20.5. The van der Waals surface area contributed by atoms with Crippen molar-refractivity contribution in [1.29, 1.82) is 0 Å². The zero-order chi connectivity index (χ0) is 20.0. The maximum absolute atomic E-state index is 12.2. The number of ether oxygens (including phenoxy) is 1. The molecule has 0 fully saturated rings. The summed E-state index contributed by atoms with van der Waals surface area (Å²) in [7, 11) is 0. The topological polar surface area (TPSA) is 106 Å². The van der Waals surface area contributed by atoms with Crippen LogP contribution in [0.1, 0.15) is 45.6 Å². The third-order valence-corrected chi connectivity index (χ3v) is 4.20. The van der Waals surface area contributed by atoms with Crippen LogP contribution < -0.4 is 15.7 Å². The Kier molecular flexibility index (Phi) is 6.98. The summed E-state index contributed by atoms with van der Waals surface area (Å²) < 4.78 is 10.9. The van der Waals surface area contributed by atoms with Gasteiger partial charge in [-0.25, -0.2) is 9.59 Å².